The van der Waals surface area contributed by atoms with E-state index >= 15 is 0 Å². The molecule has 0 aliphatic carbocycles. The molecule has 0 aliphatic heterocycles. The summed E-state index contributed by atoms with van der Waals surface area (Å²) in [4.78, 5) is 11.0. The van der Waals surface area contributed by atoms with Crippen molar-refractivity contribution in [1.29, 1.82) is 0 Å². The lowest BCUT2D eigenvalue weighted by molar-refractivity contribution is -0.120. The zero-order chi connectivity index (χ0) is 13.2. The van der Waals surface area contributed by atoms with Crippen LogP contribution in [0, 0.1) is 9.64 Å². The van der Waals surface area contributed by atoms with E-state index in [2.05, 4.69) is 34.7 Å². The van der Waals surface area contributed by atoms with Gasteiger partial charge in [0.05, 0.1) is 0 Å². The molecule has 0 spiro atoms. The number of fused-ring (bicyclic) bond motifs is 1. The molecule has 0 heterocycles. The van der Waals surface area contributed by atoms with E-state index in [4.69, 9.17) is 4.74 Å². The molecule has 2 nitrogen and oxygen atoms in total. The Balaban J connectivity index is 2.36. The fourth-order valence-electron chi connectivity index (χ4n) is 1.62. The predicted molar refractivity (Wildman–Crippen MR) is 80.9 cm³/mol. The summed E-state index contributed by atoms with van der Waals surface area (Å²) in [5, 5.41) is 2.12. The van der Waals surface area contributed by atoms with E-state index in [0.29, 0.717) is 12.2 Å². The Kier molecular flexibility index (Phi) is 3.90. The van der Waals surface area contributed by atoms with Gasteiger partial charge in [0.2, 0.25) is 0 Å². The minimum absolute atomic E-state index is 0.611. The lowest BCUT2D eigenvalue weighted by Crippen LogP contribution is -2.33. The second kappa shape index (κ2) is 5.26. The van der Waals surface area contributed by atoms with E-state index < -0.39 is 5.60 Å². The number of halogens is 1. The third-order valence-electron chi connectivity index (χ3n) is 2.98. The molecule has 2 rings (SSSR count). The van der Waals surface area contributed by atoms with Crippen LogP contribution < -0.4 is 4.74 Å². The van der Waals surface area contributed by atoms with Gasteiger partial charge in [-0.2, -0.15) is 0 Å². The summed E-state index contributed by atoms with van der Waals surface area (Å²) in [7, 11) is 0. The molecule has 0 amide bonds. The number of rotatable bonds is 4. The van der Waals surface area contributed by atoms with Crippen LogP contribution in [0.25, 0.3) is 10.8 Å². The van der Waals surface area contributed by atoms with E-state index in [0.717, 1.165) is 17.1 Å². The maximum Gasteiger partial charge on any atom is 0.163 e. The van der Waals surface area contributed by atoms with Crippen molar-refractivity contribution in [2.45, 2.75) is 25.9 Å². The average molecular weight is 353 g/mol. The number of hydrogen-bond acceptors (Lipinski definition) is 2. The molecule has 0 N–H and O–H groups in total. The molecule has 18 heavy (non-hydrogen) atoms. The van der Waals surface area contributed by atoms with Crippen molar-refractivity contribution >= 4 is 39.6 Å². The minimum atomic E-state index is -0.770. The number of ether oxygens (including phenoxy) is 1. The summed E-state index contributed by atoms with van der Waals surface area (Å²) in [6, 6.07) is 13.2. The first kappa shape index (κ1) is 13.3. The summed E-state index contributed by atoms with van der Waals surface area (Å²) in [5.41, 5.74) is -0.770. The highest BCUT2D eigenvalue weighted by Crippen LogP contribution is 2.25. The van der Waals surface area contributed by atoms with Gasteiger partial charge in [0.25, 0.3) is 0 Å². The van der Waals surface area contributed by atoms with Crippen molar-refractivity contribution < 1.29 is 9.53 Å². The van der Waals surface area contributed by atoms with E-state index in [1.54, 1.807) is 6.92 Å². The molecule has 0 aromatic heterocycles. The molecule has 2 aromatic carbocycles. The monoisotopic (exact) mass is 353 g/mol. The van der Waals surface area contributed by atoms with Crippen LogP contribution in [-0.4, -0.2) is 11.9 Å². The number of aldehydes is 1. The highest BCUT2D eigenvalue weighted by atomic mass is 127. The fourth-order valence-corrected chi connectivity index (χ4v) is 2.13. The topological polar surface area (TPSA) is 26.3 Å². The molecule has 0 bridgehead atoms. The van der Waals surface area contributed by atoms with E-state index in [9.17, 15) is 4.79 Å². The van der Waals surface area contributed by atoms with Crippen LogP contribution in [0.2, 0.25) is 0 Å². The first-order valence-corrected chi connectivity index (χ1v) is 6.91. The molecule has 2 aromatic rings. The Morgan fingerprint density at radius 3 is 2.83 bits per heavy atom. The highest BCUT2D eigenvalue weighted by Gasteiger charge is 2.23. The number of hydrogen-bond donors (Lipinski definition) is 0. The first-order valence-electron chi connectivity index (χ1n) is 5.83. The quantitative estimate of drug-likeness (QED) is 0.614. The third-order valence-corrected chi connectivity index (χ3v) is 3.65. The Morgan fingerprint density at radius 2 is 2.17 bits per heavy atom. The molecular weight excluding hydrogens is 339 g/mol. The summed E-state index contributed by atoms with van der Waals surface area (Å²) < 4.78 is 6.90. The van der Waals surface area contributed by atoms with Crippen LogP contribution in [0.1, 0.15) is 20.3 Å². The largest absolute Gasteiger partial charge is 0.479 e. The van der Waals surface area contributed by atoms with Gasteiger partial charge in [0.15, 0.2) is 11.9 Å². The molecule has 0 fully saturated rings. The van der Waals surface area contributed by atoms with Crippen LogP contribution in [-0.2, 0) is 4.79 Å². The van der Waals surface area contributed by atoms with Gasteiger partial charge >= 0.3 is 0 Å². The second-order valence-electron chi connectivity index (χ2n) is 4.44. The molecule has 93 valence electrons. The normalized spacial score (nSPS) is 14.2. The Hall–Kier alpha value is -1.10. The van der Waals surface area contributed by atoms with Gasteiger partial charge in [0, 0.05) is 9.64 Å². The van der Waals surface area contributed by atoms with Crippen LogP contribution in [0.5, 0.6) is 5.75 Å². The maximum absolute atomic E-state index is 11.0. The second-order valence-corrected chi connectivity index (χ2v) is 5.69. The number of carbonyl (C=O) groups is 1. The van der Waals surface area contributed by atoms with Crippen molar-refractivity contribution in [3.8, 4) is 5.75 Å². The molecule has 0 aliphatic rings. The SMILES string of the molecule is CCC(C)(C=O)Oc1[c]c2ccc(I)cc2cc1. The molecular formula is C15H14IO2. The average Bonchev–Trinajstić information content (AvgIpc) is 2.39. The molecule has 0 saturated heterocycles. The minimum Gasteiger partial charge on any atom is -0.479 e. The fraction of sp³-hybridized carbons (Fsp3) is 0.267. The Bertz CT molecular complexity index is 580. The number of carbonyl (C=O) groups excluding carboxylic acids is 1. The van der Waals surface area contributed by atoms with Crippen LogP contribution in [0.3, 0.4) is 0 Å². The lowest BCUT2D eigenvalue weighted by Gasteiger charge is -2.23. The van der Waals surface area contributed by atoms with E-state index in [-0.39, 0.29) is 0 Å². The van der Waals surface area contributed by atoms with Crippen molar-refractivity contribution in [2.24, 2.45) is 0 Å². The number of benzene rings is 2. The summed E-state index contributed by atoms with van der Waals surface area (Å²) in [6.45, 7) is 3.71. The van der Waals surface area contributed by atoms with Crippen molar-refractivity contribution in [2.75, 3.05) is 0 Å². The summed E-state index contributed by atoms with van der Waals surface area (Å²) >= 11 is 2.28. The third kappa shape index (κ3) is 2.83. The van der Waals surface area contributed by atoms with Crippen molar-refractivity contribution in [1.82, 2.24) is 0 Å². The maximum atomic E-state index is 11.0. The molecule has 1 unspecified atom stereocenters. The lowest BCUT2D eigenvalue weighted by atomic mass is 10.1. The van der Waals surface area contributed by atoms with Gasteiger partial charge in [-0.15, -0.1) is 0 Å². The van der Waals surface area contributed by atoms with Gasteiger partial charge in [-0.25, -0.2) is 0 Å². The van der Waals surface area contributed by atoms with Gasteiger partial charge in [-0.1, -0.05) is 19.1 Å². The van der Waals surface area contributed by atoms with Gasteiger partial charge in [-0.3, -0.25) is 4.79 Å². The van der Waals surface area contributed by atoms with E-state index in [1.165, 1.54) is 3.57 Å². The van der Waals surface area contributed by atoms with Gasteiger partial charge < -0.3 is 4.74 Å². The molecule has 3 heteroatoms. The van der Waals surface area contributed by atoms with Crippen molar-refractivity contribution in [3.63, 3.8) is 0 Å². The smallest absolute Gasteiger partial charge is 0.163 e. The standard InChI is InChI=1S/C15H14IO2/c1-3-15(2,10-17)18-14-7-5-11-8-13(16)6-4-12(11)9-14/h4-8,10H,3H2,1-2H3. The zero-order valence-electron chi connectivity index (χ0n) is 10.4. The zero-order valence-corrected chi connectivity index (χ0v) is 12.5. The predicted octanol–water partition coefficient (Wildman–Crippen LogP) is 3.99. The summed E-state index contributed by atoms with van der Waals surface area (Å²) in [5.74, 6) is 0.611. The van der Waals surface area contributed by atoms with Crippen LogP contribution in [0.4, 0.5) is 0 Å². The molecule has 0 saturated carbocycles. The Morgan fingerprint density at radius 1 is 1.39 bits per heavy atom. The first-order chi connectivity index (χ1) is 8.56. The summed E-state index contributed by atoms with van der Waals surface area (Å²) in [6.07, 6.45) is 1.48. The molecule has 1 atom stereocenters. The van der Waals surface area contributed by atoms with Gasteiger partial charge in [0.1, 0.15) is 5.75 Å². The molecule has 1 radical (unpaired) electrons. The van der Waals surface area contributed by atoms with Gasteiger partial charge in [-0.05, 0) is 64.9 Å². The Labute approximate surface area is 120 Å². The van der Waals surface area contributed by atoms with Crippen LogP contribution in [0.15, 0.2) is 30.3 Å². The van der Waals surface area contributed by atoms with Crippen molar-refractivity contribution in [3.05, 3.63) is 40.0 Å². The van der Waals surface area contributed by atoms with Crippen LogP contribution >= 0.6 is 22.6 Å². The van der Waals surface area contributed by atoms with E-state index in [1.807, 2.05) is 31.2 Å². The highest BCUT2D eigenvalue weighted by molar-refractivity contribution is 14.1.